The molecule has 0 radical (unpaired) electrons. The van der Waals surface area contributed by atoms with E-state index in [-0.39, 0.29) is 37.2 Å². The molecular weight excluding hydrogens is 248 g/mol. The van der Waals surface area contributed by atoms with Gasteiger partial charge in [-0.3, -0.25) is 0 Å². The molecule has 5 heteroatoms. The molecule has 0 aromatic heterocycles. The highest BCUT2D eigenvalue weighted by atomic mass is 35.5. The number of hydrogen-bond acceptors (Lipinski definition) is 3. The van der Waals surface area contributed by atoms with Crippen molar-refractivity contribution in [2.75, 3.05) is 0 Å². The third kappa shape index (κ3) is 1.69. The average Bonchev–Trinajstić information content (AvgIpc) is 2.64. The third-order valence-corrected chi connectivity index (χ3v) is 5.79. The lowest BCUT2D eigenvalue weighted by molar-refractivity contribution is -0.199. The molecule has 2 bridgehead atoms. The fraction of sp³-hybridized carbons (Fsp3) is 1.00. The minimum atomic E-state index is -0.190. The lowest BCUT2D eigenvalue weighted by atomic mass is 9.43. The van der Waals surface area contributed by atoms with Crippen LogP contribution in [0.2, 0.25) is 0 Å². The Bertz CT molecular complexity index is 341. The summed E-state index contributed by atoms with van der Waals surface area (Å²) in [5, 5.41) is 0. The van der Waals surface area contributed by atoms with Crippen LogP contribution in [0.3, 0.4) is 0 Å². The smallest absolute Gasteiger partial charge is 0.404 e. The first-order valence-electron chi connectivity index (χ1n) is 6.98. The van der Waals surface area contributed by atoms with Crippen LogP contribution in [-0.2, 0) is 9.31 Å². The average molecular weight is 274 g/mol. The van der Waals surface area contributed by atoms with Crippen LogP contribution in [0, 0.1) is 17.3 Å². The molecule has 3 aliphatic carbocycles. The van der Waals surface area contributed by atoms with Gasteiger partial charge in [-0.15, -0.1) is 12.4 Å². The van der Waals surface area contributed by atoms with Gasteiger partial charge in [0.2, 0.25) is 0 Å². The van der Waals surface area contributed by atoms with Gasteiger partial charge in [0.05, 0.1) is 11.7 Å². The minimum absolute atomic E-state index is 0. The highest BCUT2D eigenvalue weighted by Gasteiger charge is 2.68. The Hall–Kier alpha value is 0.235. The highest BCUT2D eigenvalue weighted by Crippen LogP contribution is 2.65. The molecule has 3 unspecified atom stereocenters. The summed E-state index contributed by atoms with van der Waals surface area (Å²) in [6.07, 6.45) is 3.62. The molecule has 0 amide bonds. The van der Waals surface area contributed by atoms with E-state index in [0.29, 0.717) is 11.3 Å². The van der Waals surface area contributed by atoms with Gasteiger partial charge in [0.25, 0.3) is 0 Å². The number of nitrogens with two attached hydrogens (primary N) is 1. The van der Waals surface area contributed by atoms with Gasteiger partial charge < -0.3 is 15.0 Å². The zero-order valence-electron chi connectivity index (χ0n) is 11.8. The minimum Gasteiger partial charge on any atom is -0.404 e. The predicted octanol–water partition coefficient (Wildman–Crippen LogP) is 2.41. The van der Waals surface area contributed by atoms with Crippen molar-refractivity contribution in [1.82, 2.24) is 0 Å². The van der Waals surface area contributed by atoms with Gasteiger partial charge in [0.15, 0.2) is 0 Å². The largest absolute Gasteiger partial charge is 0.475 e. The molecule has 0 aromatic rings. The fourth-order valence-electron chi connectivity index (χ4n) is 4.27. The quantitative estimate of drug-likeness (QED) is 0.786. The lowest BCUT2D eigenvalue weighted by Crippen LogP contribution is -2.65. The third-order valence-electron chi connectivity index (χ3n) is 5.79. The Morgan fingerprint density at radius 2 is 2.00 bits per heavy atom. The van der Waals surface area contributed by atoms with E-state index in [4.69, 9.17) is 15.0 Å². The van der Waals surface area contributed by atoms with Crippen LogP contribution in [0.25, 0.3) is 0 Å². The van der Waals surface area contributed by atoms with Crippen molar-refractivity contribution in [3.05, 3.63) is 0 Å². The maximum absolute atomic E-state index is 6.24. The first-order valence-corrected chi connectivity index (χ1v) is 6.98. The zero-order valence-corrected chi connectivity index (χ0v) is 12.6. The van der Waals surface area contributed by atoms with E-state index in [1.165, 1.54) is 6.42 Å². The molecule has 0 spiro atoms. The number of hydrogen-bond donors (Lipinski definition) is 1. The van der Waals surface area contributed by atoms with E-state index in [9.17, 15) is 0 Å². The SMILES string of the molecule is CCC(N)B1O[C@@H]2CC3CC(C3(C)C)[C@]2(C)O1.Cl. The van der Waals surface area contributed by atoms with Gasteiger partial charge in [0, 0.05) is 5.94 Å². The molecule has 5 atom stereocenters. The van der Waals surface area contributed by atoms with Crippen molar-refractivity contribution in [1.29, 1.82) is 0 Å². The van der Waals surface area contributed by atoms with Crippen LogP contribution in [0.15, 0.2) is 0 Å². The Kier molecular flexibility index (Phi) is 3.56. The Labute approximate surface area is 117 Å². The second-order valence-corrected chi connectivity index (χ2v) is 6.91. The fourth-order valence-corrected chi connectivity index (χ4v) is 4.27. The van der Waals surface area contributed by atoms with Crippen molar-refractivity contribution in [3.8, 4) is 0 Å². The van der Waals surface area contributed by atoms with Crippen LogP contribution in [0.5, 0.6) is 0 Å². The molecule has 18 heavy (non-hydrogen) atoms. The van der Waals surface area contributed by atoms with Gasteiger partial charge in [-0.1, -0.05) is 20.8 Å². The predicted molar refractivity (Wildman–Crippen MR) is 75.6 cm³/mol. The van der Waals surface area contributed by atoms with Crippen LogP contribution < -0.4 is 5.73 Å². The van der Waals surface area contributed by atoms with E-state index in [2.05, 4.69) is 27.7 Å². The highest BCUT2D eigenvalue weighted by molar-refractivity contribution is 6.47. The molecule has 4 fully saturated rings. The molecule has 0 aromatic carbocycles. The summed E-state index contributed by atoms with van der Waals surface area (Å²) in [6.45, 7) is 9.08. The van der Waals surface area contributed by atoms with Gasteiger partial charge in [-0.2, -0.15) is 0 Å². The topological polar surface area (TPSA) is 44.5 Å². The van der Waals surface area contributed by atoms with Gasteiger partial charge in [0.1, 0.15) is 0 Å². The Balaban J connectivity index is 0.00000120. The van der Waals surface area contributed by atoms with Gasteiger partial charge in [-0.05, 0) is 43.4 Å². The molecule has 2 N–H and O–H groups in total. The zero-order chi connectivity index (χ0) is 12.4. The van der Waals surface area contributed by atoms with Gasteiger partial charge >= 0.3 is 7.12 Å². The Morgan fingerprint density at radius 1 is 1.33 bits per heavy atom. The van der Waals surface area contributed by atoms with Crippen molar-refractivity contribution < 1.29 is 9.31 Å². The first-order chi connectivity index (χ1) is 7.89. The van der Waals surface area contributed by atoms with E-state index >= 15 is 0 Å². The lowest BCUT2D eigenvalue weighted by Gasteiger charge is -2.64. The molecule has 4 aliphatic rings. The molecule has 3 saturated carbocycles. The maximum Gasteiger partial charge on any atom is 0.475 e. The summed E-state index contributed by atoms with van der Waals surface area (Å²) in [4.78, 5) is 0. The number of halogens is 1. The van der Waals surface area contributed by atoms with Crippen molar-refractivity contribution in [3.63, 3.8) is 0 Å². The monoisotopic (exact) mass is 273 g/mol. The van der Waals surface area contributed by atoms with Gasteiger partial charge in [-0.25, -0.2) is 0 Å². The molecule has 1 heterocycles. The van der Waals surface area contributed by atoms with E-state index in [1.807, 2.05) is 0 Å². The van der Waals surface area contributed by atoms with Crippen molar-refractivity contribution in [2.45, 2.75) is 64.6 Å². The van der Waals surface area contributed by atoms with Crippen molar-refractivity contribution in [2.24, 2.45) is 23.0 Å². The van der Waals surface area contributed by atoms with Crippen LogP contribution in [0.1, 0.15) is 47.0 Å². The Morgan fingerprint density at radius 3 is 2.56 bits per heavy atom. The summed E-state index contributed by atoms with van der Waals surface area (Å²) in [7, 11) is -0.190. The summed E-state index contributed by atoms with van der Waals surface area (Å²) >= 11 is 0. The molecular formula is C13H25BClNO2. The van der Waals surface area contributed by atoms with E-state index < -0.39 is 0 Å². The first kappa shape index (κ1) is 14.6. The van der Waals surface area contributed by atoms with E-state index in [1.54, 1.807) is 0 Å². The molecule has 1 aliphatic heterocycles. The standard InChI is InChI=1S/C13H24BNO2.ClH/c1-5-11(15)14-16-10-7-8-6-9(12(8,2)3)13(10,4)17-14;/h8-11H,5-7,15H2,1-4H3;1H/t8?,9?,10-,11?,13+;/m1./s1. The second kappa shape index (κ2) is 4.37. The molecule has 4 rings (SSSR count). The van der Waals surface area contributed by atoms with Crippen LogP contribution in [-0.4, -0.2) is 24.8 Å². The van der Waals surface area contributed by atoms with Crippen molar-refractivity contribution >= 4 is 19.5 Å². The summed E-state index contributed by atoms with van der Waals surface area (Å²) in [5.74, 6) is 1.45. The summed E-state index contributed by atoms with van der Waals surface area (Å²) in [5.41, 5.74) is 6.38. The van der Waals surface area contributed by atoms with Crippen LogP contribution in [0.4, 0.5) is 0 Å². The van der Waals surface area contributed by atoms with E-state index in [0.717, 1.165) is 18.8 Å². The van der Waals surface area contributed by atoms with Crippen LogP contribution >= 0.6 is 12.4 Å². The molecule has 3 nitrogen and oxygen atoms in total. The second-order valence-electron chi connectivity index (χ2n) is 6.91. The normalized spacial score (nSPS) is 45.8. The maximum atomic E-state index is 6.24. The molecule has 1 saturated heterocycles. The molecule has 104 valence electrons. The summed E-state index contributed by atoms with van der Waals surface area (Å²) < 4.78 is 12.3. The summed E-state index contributed by atoms with van der Waals surface area (Å²) in [6, 6.07) is 0. The number of rotatable bonds is 2.